The summed E-state index contributed by atoms with van der Waals surface area (Å²) < 4.78 is 0. The van der Waals surface area contributed by atoms with E-state index in [1.807, 2.05) is 0 Å². The van der Waals surface area contributed by atoms with Gasteiger partial charge in [0.2, 0.25) is 0 Å². The largest absolute Gasteiger partial charge is 0.295 e. The van der Waals surface area contributed by atoms with E-state index in [4.69, 9.17) is 0 Å². The predicted octanol–water partition coefficient (Wildman–Crippen LogP) is 4.33. The lowest BCUT2D eigenvalue weighted by atomic mass is 9.45. The molecule has 0 spiro atoms. The third-order valence-electron chi connectivity index (χ3n) is 8.13. The van der Waals surface area contributed by atoms with Gasteiger partial charge in [-0.25, -0.2) is 0 Å². The smallest absolute Gasteiger partial charge is 0.159 e. The van der Waals surface area contributed by atoms with E-state index in [1.54, 1.807) is 6.08 Å². The average molecular weight is 300 g/mol. The fourth-order valence-corrected chi connectivity index (χ4v) is 6.73. The van der Waals surface area contributed by atoms with Crippen LogP contribution in [0.15, 0.2) is 11.6 Å². The van der Waals surface area contributed by atoms with Gasteiger partial charge < -0.3 is 0 Å². The molecule has 0 N–H and O–H groups in total. The first-order valence-electron chi connectivity index (χ1n) is 9.14. The summed E-state index contributed by atoms with van der Waals surface area (Å²) in [5.41, 5.74) is 1.30. The molecule has 1 unspecified atom stereocenters. The second-order valence-corrected chi connectivity index (χ2v) is 9.00. The lowest BCUT2D eigenvalue weighted by Crippen LogP contribution is -2.54. The Morgan fingerprint density at radius 3 is 2.59 bits per heavy atom. The number of Topliss-reactive ketones (excluding diaryl/α,β-unsaturated/α-hetero) is 1. The zero-order chi connectivity index (χ0) is 15.7. The van der Waals surface area contributed by atoms with Crippen molar-refractivity contribution in [2.24, 2.45) is 34.5 Å². The maximum Gasteiger partial charge on any atom is 0.159 e. The predicted molar refractivity (Wildman–Crippen MR) is 86.3 cm³/mol. The van der Waals surface area contributed by atoms with Gasteiger partial charge >= 0.3 is 0 Å². The molecule has 0 radical (unpaired) electrons. The molecule has 3 fully saturated rings. The minimum absolute atomic E-state index is 0.0577. The van der Waals surface area contributed by atoms with Crippen LogP contribution in [0.3, 0.4) is 0 Å². The molecule has 4 aliphatic rings. The Hall–Kier alpha value is -0.920. The van der Waals surface area contributed by atoms with Gasteiger partial charge in [-0.05, 0) is 60.8 Å². The Bertz CT molecular complexity index is 574. The molecule has 0 amide bonds. The molecule has 0 saturated heterocycles. The molecule has 2 heteroatoms. The van der Waals surface area contributed by atoms with E-state index < -0.39 is 0 Å². The van der Waals surface area contributed by atoms with Gasteiger partial charge in [0.15, 0.2) is 11.6 Å². The van der Waals surface area contributed by atoms with Crippen LogP contribution < -0.4 is 0 Å². The first-order chi connectivity index (χ1) is 10.4. The molecule has 4 rings (SSSR count). The highest BCUT2D eigenvalue weighted by Gasteiger charge is 2.59. The van der Waals surface area contributed by atoms with Crippen LogP contribution in [0.25, 0.3) is 0 Å². The van der Waals surface area contributed by atoms with Gasteiger partial charge in [0.05, 0.1) is 0 Å². The van der Waals surface area contributed by atoms with Crippen LogP contribution in [0.5, 0.6) is 0 Å². The van der Waals surface area contributed by atoms with Crippen molar-refractivity contribution in [2.75, 3.05) is 0 Å². The second kappa shape index (κ2) is 4.55. The van der Waals surface area contributed by atoms with Gasteiger partial charge in [-0.15, -0.1) is 0 Å². The van der Waals surface area contributed by atoms with Crippen LogP contribution in [0.4, 0.5) is 0 Å². The lowest BCUT2D eigenvalue weighted by molar-refractivity contribution is -0.133. The van der Waals surface area contributed by atoms with E-state index in [2.05, 4.69) is 20.8 Å². The molecule has 0 aromatic heterocycles. The van der Waals surface area contributed by atoms with Crippen LogP contribution in [0, 0.1) is 34.5 Å². The number of hydrogen-bond acceptors (Lipinski definition) is 2. The van der Waals surface area contributed by atoms with Gasteiger partial charge in [-0.1, -0.05) is 27.2 Å². The van der Waals surface area contributed by atoms with Crippen molar-refractivity contribution in [3.05, 3.63) is 11.6 Å². The second-order valence-electron chi connectivity index (χ2n) is 9.00. The molecule has 22 heavy (non-hydrogen) atoms. The third kappa shape index (κ3) is 1.73. The zero-order valence-electron chi connectivity index (χ0n) is 14.2. The molecular formula is C20H28O2. The summed E-state index contributed by atoms with van der Waals surface area (Å²) in [5, 5.41) is 0. The molecule has 0 heterocycles. The minimum Gasteiger partial charge on any atom is -0.295 e. The van der Waals surface area contributed by atoms with Crippen molar-refractivity contribution in [1.82, 2.24) is 0 Å². The highest BCUT2D eigenvalue weighted by Crippen LogP contribution is 2.65. The van der Waals surface area contributed by atoms with Crippen molar-refractivity contribution in [3.8, 4) is 0 Å². The van der Waals surface area contributed by atoms with E-state index in [1.165, 1.54) is 32.1 Å². The number of ketones is 2. The summed E-state index contributed by atoms with van der Waals surface area (Å²) in [7, 11) is 0. The zero-order valence-corrected chi connectivity index (χ0v) is 14.2. The van der Waals surface area contributed by atoms with Crippen LogP contribution in [-0.2, 0) is 9.59 Å². The summed E-state index contributed by atoms with van der Waals surface area (Å²) in [6.07, 6.45) is 9.60. The first-order valence-corrected chi connectivity index (χ1v) is 9.14. The quantitative estimate of drug-likeness (QED) is 0.667. The molecule has 0 aromatic carbocycles. The van der Waals surface area contributed by atoms with Crippen molar-refractivity contribution in [3.63, 3.8) is 0 Å². The summed E-state index contributed by atoms with van der Waals surface area (Å²) in [4.78, 5) is 24.8. The molecule has 120 valence electrons. The highest BCUT2D eigenvalue weighted by atomic mass is 16.1. The number of allylic oxidation sites excluding steroid dienone is 1. The molecule has 0 aromatic rings. The number of carbonyl (C=O) groups excluding carboxylic acids is 2. The Kier molecular flexibility index (Phi) is 3.03. The first kappa shape index (κ1) is 14.7. The molecule has 4 aliphatic carbocycles. The topological polar surface area (TPSA) is 34.1 Å². The maximum absolute atomic E-state index is 12.9. The Morgan fingerprint density at radius 2 is 1.82 bits per heavy atom. The van der Waals surface area contributed by atoms with Gasteiger partial charge in [0, 0.05) is 23.8 Å². The van der Waals surface area contributed by atoms with Crippen LogP contribution >= 0.6 is 0 Å². The maximum atomic E-state index is 12.9. The van der Waals surface area contributed by atoms with Gasteiger partial charge in [0.25, 0.3) is 0 Å². The number of rotatable bonds is 0. The van der Waals surface area contributed by atoms with Crippen molar-refractivity contribution >= 4 is 11.6 Å². The molecule has 6 atom stereocenters. The SMILES string of the molecule is CC1CC(=O)C=C2C(=O)C[C@H]3[C@@H]4CCC[C@@]4(C)CC[C@@H]3[C@]21C. The molecular weight excluding hydrogens is 272 g/mol. The number of carbonyl (C=O) groups is 2. The summed E-state index contributed by atoms with van der Waals surface area (Å²) in [6, 6.07) is 0. The monoisotopic (exact) mass is 300 g/mol. The van der Waals surface area contributed by atoms with Crippen LogP contribution in [-0.4, -0.2) is 11.6 Å². The Morgan fingerprint density at radius 1 is 1.05 bits per heavy atom. The minimum atomic E-state index is -0.0577. The summed E-state index contributed by atoms with van der Waals surface area (Å²) >= 11 is 0. The van der Waals surface area contributed by atoms with Crippen molar-refractivity contribution in [2.45, 2.75) is 65.7 Å². The van der Waals surface area contributed by atoms with E-state index in [0.717, 1.165) is 11.5 Å². The van der Waals surface area contributed by atoms with E-state index >= 15 is 0 Å². The Labute approximate surface area is 133 Å². The van der Waals surface area contributed by atoms with Crippen molar-refractivity contribution in [1.29, 1.82) is 0 Å². The highest BCUT2D eigenvalue weighted by molar-refractivity contribution is 6.06. The normalized spacial score (nSPS) is 51.0. The molecule has 2 nitrogen and oxygen atoms in total. The molecule has 0 aliphatic heterocycles. The average Bonchev–Trinajstić information content (AvgIpc) is 2.84. The van der Waals surface area contributed by atoms with Gasteiger partial charge in [-0.2, -0.15) is 0 Å². The van der Waals surface area contributed by atoms with Crippen molar-refractivity contribution < 1.29 is 9.59 Å². The van der Waals surface area contributed by atoms with Gasteiger partial charge in [-0.3, -0.25) is 9.59 Å². The van der Waals surface area contributed by atoms with E-state index in [9.17, 15) is 9.59 Å². The van der Waals surface area contributed by atoms with Gasteiger partial charge in [0.1, 0.15) is 0 Å². The Balaban J connectivity index is 1.79. The number of fused-ring (bicyclic) bond motifs is 5. The fourth-order valence-electron chi connectivity index (χ4n) is 6.73. The fraction of sp³-hybridized carbons (Fsp3) is 0.800. The summed E-state index contributed by atoms with van der Waals surface area (Å²) in [5.74, 6) is 2.65. The third-order valence-corrected chi connectivity index (χ3v) is 8.13. The molecule has 3 saturated carbocycles. The standard InChI is InChI=1S/C20H28O2/c1-12-9-13(21)10-17-18(22)11-14-15-5-4-7-19(15,2)8-6-16(14)20(12,17)3/h10,12,14-16H,4-9,11H2,1-3H3/t12?,14-,15-,16-,19-,20+/m0/s1. The van der Waals surface area contributed by atoms with E-state index in [-0.39, 0.29) is 17.0 Å². The molecule has 0 bridgehead atoms. The van der Waals surface area contributed by atoms with Crippen LogP contribution in [0.1, 0.15) is 65.7 Å². The number of hydrogen-bond donors (Lipinski definition) is 0. The van der Waals surface area contributed by atoms with Crippen LogP contribution in [0.2, 0.25) is 0 Å². The van der Waals surface area contributed by atoms with E-state index in [0.29, 0.717) is 36.0 Å². The lowest BCUT2D eigenvalue weighted by Gasteiger charge is -2.58. The summed E-state index contributed by atoms with van der Waals surface area (Å²) in [6.45, 7) is 6.96.